The lowest BCUT2D eigenvalue weighted by atomic mass is 9.97. The summed E-state index contributed by atoms with van der Waals surface area (Å²) >= 11 is 0. The molecule has 0 aliphatic carbocycles. The number of alkyl halides is 3. The molecule has 0 spiro atoms. The fourth-order valence-corrected chi connectivity index (χ4v) is 3.54. The Morgan fingerprint density at radius 2 is 1.71 bits per heavy atom. The zero-order chi connectivity index (χ0) is 20.9. The maximum atomic E-state index is 12.6. The van der Waals surface area contributed by atoms with Gasteiger partial charge in [-0.25, -0.2) is 0 Å². The molecule has 0 bridgehead atoms. The van der Waals surface area contributed by atoms with Crippen molar-refractivity contribution in [2.75, 3.05) is 25.5 Å². The lowest BCUT2D eigenvalue weighted by Crippen LogP contribution is -3.11. The molecule has 9 heteroatoms. The van der Waals surface area contributed by atoms with Crippen molar-refractivity contribution < 1.29 is 32.4 Å². The number of nitrogens with one attached hydrogen (secondary N) is 2. The molecule has 1 heterocycles. The maximum absolute atomic E-state index is 12.6. The van der Waals surface area contributed by atoms with Crippen LogP contribution in [0.25, 0.3) is 0 Å². The van der Waals surface area contributed by atoms with E-state index in [0.29, 0.717) is 5.69 Å². The number of piperidine rings is 1. The van der Waals surface area contributed by atoms with Crippen molar-refractivity contribution in [1.82, 2.24) is 4.90 Å². The SMILES string of the molecule is C[C@H]1CCC[C@H](C)N1C(=O)C[NH+](C)CC(=O)Nc1ccc(OC(F)(F)F)cc1. The number of carbonyl (C=O) groups excluding carboxylic acids is 2. The van der Waals surface area contributed by atoms with E-state index in [9.17, 15) is 22.8 Å². The monoisotopic (exact) mass is 402 g/mol. The van der Waals surface area contributed by atoms with E-state index in [1.54, 1.807) is 7.05 Å². The number of hydrogen-bond donors (Lipinski definition) is 2. The molecule has 28 heavy (non-hydrogen) atoms. The average molecular weight is 402 g/mol. The van der Waals surface area contributed by atoms with Gasteiger partial charge >= 0.3 is 6.36 Å². The lowest BCUT2D eigenvalue weighted by molar-refractivity contribution is -0.862. The number of halogens is 3. The Morgan fingerprint density at radius 1 is 1.14 bits per heavy atom. The van der Waals surface area contributed by atoms with E-state index in [1.807, 2.05) is 18.7 Å². The normalized spacial score (nSPS) is 21.1. The van der Waals surface area contributed by atoms with Crippen LogP contribution in [0.2, 0.25) is 0 Å². The molecule has 2 amide bonds. The number of quaternary nitrogens is 1. The van der Waals surface area contributed by atoms with Gasteiger partial charge in [0.2, 0.25) is 0 Å². The van der Waals surface area contributed by atoms with Gasteiger partial charge in [-0.3, -0.25) is 9.59 Å². The Bertz CT molecular complexity index is 669. The number of amides is 2. The second kappa shape index (κ2) is 9.27. The van der Waals surface area contributed by atoms with Crippen LogP contribution in [0.15, 0.2) is 24.3 Å². The highest BCUT2D eigenvalue weighted by molar-refractivity contribution is 5.91. The molecule has 1 aliphatic heterocycles. The summed E-state index contributed by atoms with van der Waals surface area (Å²) in [7, 11) is 1.76. The van der Waals surface area contributed by atoms with E-state index in [2.05, 4.69) is 10.1 Å². The molecular formula is C19H27F3N3O3+. The summed E-state index contributed by atoms with van der Waals surface area (Å²) in [6, 6.07) is 5.32. The maximum Gasteiger partial charge on any atom is 0.573 e. The van der Waals surface area contributed by atoms with Gasteiger partial charge in [0.05, 0.1) is 7.05 Å². The van der Waals surface area contributed by atoms with E-state index in [1.165, 1.54) is 12.1 Å². The van der Waals surface area contributed by atoms with Gasteiger partial charge in [-0.05, 0) is 57.4 Å². The van der Waals surface area contributed by atoms with Crippen LogP contribution in [0.3, 0.4) is 0 Å². The standard InChI is InChI=1S/C19H26F3N3O3/c1-13-5-4-6-14(2)25(13)18(27)12-24(3)11-17(26)23-15-7-9-16(10-8-15)28-19(20,21)22/h7-10,13-14H,4-6,11-12H2,1-3H3,(H,23,26)/p+1/t13-,14-/m0/s1. The van der Waals surface area contributed by atoms with Crippen LogP contribution in [0, 0.1) is 0 Å². The molecule has 1 unspecified atom stereocenters. The summed E-state index contributed by atoms with van der Waals surface area (Å²) in [5.74, 6) is -0.656. The van der Waals surface area contributed by atoms with E-state index >= 15 is 0 Å². The Balaban J connectivity index is 1.82. The van der Waals surface area contributed by atoms with Crippen molar-refractivity contribution in [3.63, 3.8) is 0 Å². The number of benzene rings is 1. The second-order valence-electron chi connectivity index (χ2n) is 7.36. The summed E-state index contributed by atoms with van der Waals surface area (Å²) in [4.78, 5) is 27.4. The van der Waals surface area contributed by atoms with Gasteiger partial charge in [-0.15, -0.1) is 13.2 Å². The largest absolute Gasteiger partial charge is 0.573 e. The summed E-state index contributed by atoms with van der Waals surface area (Å²) in [5, 5.41) is 2.61. The number of hydrogen-bond acceptors (Lipinski definition) is 3. The smallest absolute Gasteiger partial charge is 0.406 e. The predicted octanol–water partition coefficient (Wildman–Crippen LogP) is 1.83. The van der Waals surface area contributed by atoms with Gasteiger partial charge in [-0.2, -0.15) is 0 Å². The zero-order valence-corrected chi connectivity index (χ0v) is 16.3. The van der Waals surface area contributed by atoms with E-state index < -0.39 is 6.36 Å². The first-order valence-electron chi connectivity index (χ1n) is 9.33. The Hall–Kier alpha value is -2.29. The molecule has 1 saturated heterocycles. The van der Waals surface area contributed by atoms with Crippen molar-refractivity contribution in [3.05, 3.63) is 24.3 Å². The third kappa shape index (κ3) is 6.70. The van der Waals surface area contributed by atoms with Gasteiger partial charge in [0.15, 0.2) is 13.1 Å². The minimum atomic E-state index is -4.76. The topological polar surface area (TPSA) is 63.1 Å². The quantitative estimate of drug-likeness (QED) is 0.763. The molecule has 1 fully saturated rings. The first-order chi connectivity index (χ1) is 13.0. The molecule has 2 rings (SSSR count). The average Bonchev–Trinajstić information content (AvgIpc) is 2.54. The third-order valence-electron chi connectivity index (χ3n) is 4.77. The van der Waals surface area contributed by atoms with Crippen LogP contribution in [0.1, 0.15) is 33.1 Å². The molecule has 0 saturated carbocycles. The van der Waals surface area contributed by atoms with Crippen molar-refractivity contribution in [2.24, 2.45) is 0 Å². The van der Waals surface area contributed by atoms with Gasteiger partial charge in [0.1, 0.15) is 5.75 Å². The van der Waals surface area contributed by atoms with Crippen molar-refractivity contribution in [3.8, 4) is 5.75 Å². The first kappa shape index (κ1) is 22.0. The number of likely N-dealkylation sites (N-methyl/N-ethyl adjacent to an activating group) is 1. The Labute approximate surface area is 162 Å². The highest BCUT2D eigenvalue weighted by Crippen LogP contribution is 2.24. The van der Waals surface area contributed by atoms with E-state index in [0.717, 1.165) is 36.3 Å². The number of nitrogens with zero attached hydrogens (tertiary/aromatic N) is 1. The van der Waals surface area contributed by atoms with Crippen molar-refractivity contribution >= 4 is 17.5 Å². The molecule has 3 atom stereocenters. The Morgan fingerprint density at radius 3 is 2.25 bits per heavy atom. The molecule has 0 radical (unpaired) electrons. The van der Waals surface area contributed by atoms with Gasteiger partial charge in [0.25, 0.3) is 11.8 Å². The summed E-state index contributed by atoms with van der Waals surface area (Å²) in [6.45, 7) is 4.37. The Kier molecular flexibility index (Phi) is 7.29. The molecule has 0 aromatic heterocycles. The number of carbonyl (C=O) groups is 2. The molecule has 1 aliphatic rings. The zero-order valence-electron chi connectivity index (χ0n) is 16.3. The van der Waals surface area contributed by atoms with Crippen LogP contribution < -0.4 is 15.0 Å². The summed E-state index contributed by atoms with van der Waals surface area (Å²) < 4.78 is 40.3. The molecule has 2 N–H and O–H groups in total. The first-order valence-corrected chi connectivity index (χ1v) is 9.33. The van der Waals surface area contributed by atoms with E-state index in [4.69, 9.17) is 0 Å². The van der Waals surface area contributed by atoms with Crippen molar-refractivity contribution in [1.29, 1.82) is 0 Å². The predicted molar refractivity (Wildman–Crippen MR) is 98.0 cm³/mol. The highest BCUT2D eigenvalue weighted by atomic mass is 19.4. The van der Waals surface area contributed by atoms with Crippen LogP contribution in [-0.2, 0) is 9.59 Å². The number of anilines is 1. The van der Waals surface area contributed by atoms with Crippen LogP contribution >= 0.6 is 0 Å². The number of rotatable bonds is 6. The van der Waals surface area contributed by atoms with Gasteiger partial charge in [0, 0.05) is 17.8 Å². The molecule has 1 aromatic carbocycles. The van der Waals surface area contributed by atoms with Crippen molar-refractivity contribution in [2.45, 2.75) is 51.6 Å². The van der Waals surface area contributed by atoms with Gasteiger partial charge < -0.3 is 19.9 Å². The summed E-state index contributed by atoms with van der Waals surface area (Å²) in [6.07, 6.45) is -1.66. The minimum absolute atomic E-state index is 0.0265. The fourth-order valence-electron chi connectivity index (χ4n) is 3.54. The second-order valence-corrected chi connectivity index (χ2v) is 7.36. The fraction of sp³-hybridized carbons (Fsp3) is 0.579. The molecular weight excluding hydrogens is 375 g/mol. The third-order valence-corrected chi connectivity index (χ3v) is 4.77. The van der Waals surface area contributed by atoms with E-state index in [-0.39, 0.29) is 42.7 Å². The summed E-state index contributed by atoms with van der Waals surface area (Å²) in [5.41, 5.74) is 0.358. The van der Waals surface area contributed by atoms with Crippen LogP contribution in [0.4, 0.5) is 18.9 Å². The highest BCUT2D eigenvalue weighted by Gasteiger charge is 2.31. The van der Waals surface area contributed by atoms with Crippen LogP contribution in [0.5, 0.6) is 5.75 Å². The lowest BCUT2D eigenvalue weighted by Gasteiger charge is -2.39. The number of ether oxygens (including phenoxy) is 1. The molecule has 6 nitrogen and oxygen atoms in total. The van der Waals surface area contributed by atoms with Crippen LogP contribution in [-0.4, -0.2) is 55.3 Å². The minimum Gasteiger partial charge on any atom is -0.406 e. The molecule has 156 valence electrons. The van der Waals surface area contributed by atoms with Gasteiger partial charge in [-0.1, -0.05) is 0 Å². The molecule has 1 aromatic rings. The number of likely N-dealkylation sites (tertiary alicyclic amines) is 1.